The lowest BCUT2D eigenvalue weighted by molar-refractivity contribution is 0.113. The maximum atomic E-state index is 12.9. The van der Waals surface area contributed by atoms with Crippen LogP contribution < -0.4 is 11.0 Å². The average Bonchev–Trinajstić information content (AvgIpc) is 2.65. The van der Waals surface area contributed by atoms with Crippen molar-refractivity contribution in [3.05, 3.63) is 79.5 Å². The third-order valence-electron chi connectivity index (χ3n) is 5.76. The third kappa shape index (κ3) is 2.91. The Hall–Kier alpha value is -2.37. The molecule has 4 heterocycles. The largest absolute Gasteiger partial charge is 0.464 e. The number of pyridine rings is 1. The molecule has 1 fully saturated rings. The lowest BCUT2D eigenvalue weighted by atomic mass is 9.83. The van der Waals surface area contributed by atoms with Crippen LogP contribution in [0, 0.1) is 5.92 Å². The van der Waals surface area contributed by atoms with Crippen LogP contribution in [0.2, 0.25) is 5.02 Å². The number of likely N-dealkylation sites (tertiary alicyclic amines) is 1. The Balaban J connectivity index is 1.45. The molecular weight excluding hydrogens is 364 g/mol. The average molecular weight is 383 g/mol. The number of hydrogen-bond donors (Lipinski definition) is 0. The minimum atomic E-state index is -0.0221. The summed E-state index contributed by atoms with van der Waals surface area (Å²) in [7, 11) is 0. The first-order valence-corrected chi connectivity index (χ1v) is 9.58. The molecule has 27 heavy (non-hydrogen) atoms. The van der Waals surface area contributed by atoms with Gasteiger partial charge in [-0.2, -0.15) is 0 Å². The van der Waals surface area contributed by atoms with E-state index < -0.39 is 0 Å². The Bertz CT molecular complexity index is 1150. The van der Waals surface area contributed by atoms with Gasteiger partial charge in [-0.15, -0.1) is 0 Å². The van der Waals surface area contributed by atoms with E-state index in [0.717, 1.165) is 31.7 Å². The summed E-state index contributed by atoms with van der Waals surface area (Å²) in [6.07, 6.45) is 2.67. The molecule has 0 N–H and O–H groups in total. The van der Waals surface area contributed by atoms with Crippen LogP contribution in [0.1, 0.15) is 23.6 Å². The van der Waals surface area contributed by atoms with Crippen molar-refractivity contribution in [2.45, 2.75) is 25.4 Å². The zero-order valence-corrected chi connectivity index (χ0v) is 15.5. The molecule has 5 rings (SSSR count). The van der Waals surface area contributed by atoms with Crippen molar-refractivity contribution in [1.29, 1.82) is 0 Å². The highest BCUT2D eigenvalue weighted by Crippen LogP contribution is 2.35. The van der Waals surface area contributed by atoms with Crippen molar-refractivity contribution in [3.8, 4) is 0 Å². The predicted octanol–water partition coefficient (Wildman–Crippen LogP) is 3.23. The SMILES string of the molecule is O=c1c(CN2C[C@H]3C[C@H](C2)c2cccc(=O)n2C3)coc2ccc(Cl)cc12. The van der Waals surface area contributed by atoms with Crippen molar-refractivity contribution in [3.63, 3.8) is 0 Å². The standard InChI is InChI=1S/C21H19ClN2O3/c22-16-4-5-19-17(7-16)21(26)15(12-27-19)11-23-8-13-6-14(10-23)18-2-1-3-20(25)24(18)9-13/h1-5,7,12-14H,6,8-11H2/t13-,14-/m1/s1. The second-order valence-electron chi connectivity index (χ2n) is 7.62. The van der Waals surface area contributed by atoms with Gasteiger partial charge in [-0.1, -0.05) is 17.7 Å². The van der Waals surface area contributed by atoms with Crippen LogP contribution in [-0.4, -0.2) is 22.6 Å². The Kier molecular flexibility index (Phi) is 3.95. The van der Waals surface area contributed by atoms with Crippen molar-refractivity contribution in [2.24, 2.45) is 5.92 Å². The number of fused-ring (bicyclic) bond motifs is 5. The van der Waals surface area contributed by atoms with E-state index in [1.807, 2.05) is 10.6 Å². The lowest BCUT2D eigenvalue weighted by Gasteiger charge is -2.42. The van der Waals surface area contributed by atoms with Crippen LogP contribution >= 0.6 is 11.6 Å². The van der Waals surface area contributed by atoms with Crippen LogP contribution in [0.5, 0.6) is 0 Å². The quantitative estimate of drug-likeness (QED) is 0.682. The highest BCUT2D eigenvalue weighted by Gasteiger charge is 2.34. The van der Waals surface area contributed by atoms with E-state index >= 15 is 0 Å². The van der Waals surface area contributed by atoms with Gasteiger partial charge in [-0.3, -0.25) is 14.5 Å². The molecule has 138 valence electrons. The Morgan fingerprint density at radius 3 is 2.89 bits per heavy atom. The molecular formula is C21H19ClN2O3. The van der Waals surface area contributed by atoms with Gasteiger partial charge in [0.15, 0.2) is 5.43 Å². The van der Waals surface area contributed by atoms with Crippen molar-refractivity contribution in [1.82, 2.24) is 9.47 Å². The predicted molar refractivity (Wildman–Crippen MR) is 104 cm³/mol. The van der Waals surface area contributed by atoms with Crippen LogP contribution in [0.4, 0.5) is 0 Å². The number of piperidine rings is 1. The van der Waals surface area contributed by atoms with Gasteiger partial charge < -0.3 is 8.98 Å². The zero-order valence-electron chi connectivity index (χ0n) is 14.7. The van der Waals surface area contributed by atoms with E-state index in [-0.39, 0.29) is 11.0 Å². The Morgan fingerprint density at radius 2 is 2.00 bits per heavy atom. The normalized spacial score (nSPS) is 22.0. The van der Waals surface area contributed by atoms with E-state index in [2.05, 4.69) is 11.0 Å². The molecule has 0 spiro atoms. The van der Waals surface area contributed by atoms with E-state index in [4.69, 9.17) is 16.0 Å². The maximum Gasteiger partial charge on any atom is 0.250 e. The van der Waals surface area contributed by atoms with Crippen molar-refractivity contribution >= 4 is 22.6 Å². The van der Waals surface area contributed by atoms with Gasteiger partial charge in [0.1, 0.15) is 5.58 Å². The molecule has 2 bridgehead atoms. The summed E-state index contributed by atoms with van der Waals surface area (Å²) in [5.74, 6) is 0.756. The molecule has 5 nitrogen and oxygen atoms in total. The lowest BCUT2D eigenvalue weighted by Crippen LogP contribution is -2.47. The maximum absolute atomic E-state index is 12.9. The first-order chi connectivity index (χ1) is 13.1. The fourth-order valence-electron chi connectivity index (χ4n) is 4.62. The number of halogens is 1. The molecule has 0 amide bonds. The van der Waals surface area contributed by atoms with Crippen LogP contribution in [0.25, 0.3) is 11.0 Å². The number of rotatable bonds is 2. The first kappa shape index (κ1) is 16.8. The molecule has 1 aromatic carbocycles. The van der Waals surface area contributed by atoms with Crippen molar-refractivity contribution < 1.29 is 4.42 Å². The molecule has 2 aliphatic rings. The number of benzene rings is 1. The van der Waals surface area contributed by atoms with Crippen LogP contribution in [0.3, 0.4) is 0 Å². The summed E-state index contributed by atoms with van der Waals surface area (Å²) in [6, 6.07) is 10.6. The molecule has 0 unspecified atom stereocenters. The summed E-state index contributed by atoms with van der Waals surface area (Å²) in [6.45, 7) is 3.02. The topological polar surface area (TPSA) is 55.5 Å². The smallest absolute Gasteiger partial charge is 0.250 e. The van der Waals surface area contributed by atoms with Gasteiger partial charge in [0.05, 0.1) is 11.6 Å². The minimum absolute atomic E-state index is 0.0221. The summed E-state index contributed by atoms with van der Waals surface area (Å²) in [5.41, 5.74) is 2.38. The Labute approximate surface area is 160 Å². The summed E-state index contributed by atoms with van der Waals surface area (Å²) < 4.78 is 7.57. The van der Waals surface area contributed by atoms with Gasteiger partial charge in [0.25, 0.3) is 5.56 Å². The molecule has 6 heteroatoms. The summed E-state index contributed by atoms with van der Waals surface area (Å²) >= 11 is 6.04. The molecule has 3 aromatic rings. The zero-order chi connectivity index (χ0) is 18.5. The monoisotopic (exact) mass is 382 g/mol. The molecule has 0 radical (unpaired) electrons. The number of hydrogen-bond acceptors (Lipinski definition) is 4. The van der Waals surface area contributed by atoms with E-state index in [0.29, 0.717) is 39.9 Å². The van der Waals surface area contributed by atoms with E-state index in [1.54, 1.807) is 30.5 Å². The highest BCUT2D eigenvalue weighted by molar-refractivity contribution is 6.31. The minimum Gasteiger partial charge on any atom is -0.464 e. The van der Waals surface area contributed by atoms with Crippen LogP contribution in [-0.2, 0) is 13.1 Å². The fraction of sp³-hybridized carbons (Fsp3) is 0.333. The summed E-state index contributed by atoms with van der Waals surface area (Å²) in [4.78, 5) is 27.3. The van der Waals surface area contributed by atoms with Crippen molar-refractivity contribution in [2.75, 3.05) is 13.1 Å². The second-order valence-corrected chi connectivity index (χ2v) is 8.06. The van der Waals surface area contributed by atoms with Gasteiger partial charge >= 0.3 is 0 Å². The van der Waals surface area contributed by atoms with E-state index in [9.17, 15) is 9.59 Å². The fourth-order valence-corrected chi connectivity index (χ4v) is 4.79. The molecule has 0 saturated carbocycles. The Morgan fingerprint density at radius 1 is 1.11 bits per heavy atom. The van der Waals surface area contributed by atoms with Gasteiger partial charge in [-0.25, -0.2) is 0 Å². The first-order valence-electron chi connectivity index (χ1n) is 9.20. The highest BCUT2D eigenvalue weighted by atomic mass is 35.5. The molecule has 2 atom stereocenters. The molecule has 2 aromatic heterocycles. The summed E-state index contributed by atoms with van der Waals surface area (Å²) in [5, 5.41) is 1.05. The third-order valence-corrected chi connectivity index (χ3v) is 5.99. The van der Waals surface area contributed by atoms with E-state index in [1.165, 1.54) is 0 Å². The van der Waals surface area contributed by atoms with Crippen LogP contribution in [0.15, 0.2) is 56.7 Å². The van der Waals surface area contributed by atoms with Gasteiger partial charge in [0, 0.05) is 54.4 Å². The molecule has 1 saturated heterocycles. The molecule has 2 aliphatic heterocycles. The second kappa shape index (κ2) is 6.36. The molecule has 0 aliphatic carbocycles. The van der Waals surface area contributed by atoms with Gasteiger partial charge in [0.2, 0.25) is 0 Å². The number of nitrogens with zero attached hydrogens (tertiary/aromatic N) is 2. The number of aromatic nitrogens is 1. The van der Waals surface area contributed by atoms with Gasteiger partial charge in [-0.05, 0) is 36.6 Å².